The number of halogens is 2. The van der Waals surface area contributed by atoms with Crippen molar-refractivity contribution in [1.82, 2.24) is 40.5 Å². The predicted molar refractivity (Wildman–Crippen MR) is 184 cm³/mol. The Bertz CT molecular complexity index is 1850. The first-order valence-corrected chi connectivity index (χ1v) is 19.5. The molecule has 4 amide bonds. The van der Waals surface area contributed by atoms with Crippen LogP contribution in [0.2, 0.25) is 0 Å². The van der Waals surface area contributed by atoms with E-state index in [2.05, 4.69) is 26.0 Å². The summed E-state index contributed by atoms with van der Waals surface area (Å²) in [4.78, 5) is 57.4. The van der Waals surface area contributed by atoms with Crippen LogP contribution in [0, 0.1) is 11.3 Å². The van der Waals surface area contributed by atoms with Gasteiger partial charge in [-0.2, -0.15) is 0 Å². The second kappa shape index (κ2) is 14.8. The van der Waals surface area contributed by atoms with Gasteiger partial charge in [0.25, 0.3) is 5.91 Å². The molecule has 6 bridgehead atoms. The molecule has 0 unspecified atom stereocenters. The van der Waals surface area contributed by atoms with Crippen LogP contribution in [0.25, 0.3) is 5.69 Å². The Labute approximate surface area is 306 Å². The number of hydrogen-bond acceptors (Lipinski definition) is 11. The van der Waals surface area contributed by atoms with Gasteiger partial charge in [-0.3, -0.25) is 19.1 Å². The number of nitrogens with zero attached hydrogens (tertiary/aromatic N) is 5. The molecule has 5 atom stereocenters. The first kappa shape index (κ1) is 38.3. The summed E-state index contributed by atoms with van der Waals surface area (Å²) in [7, 11) is -2.54. The van der Waals surface area contributed by atoms with Gasteiger partial charge in [0.15, 0.2) is 5.82 Å². The minimum absolute atomic E-state index is 0.0874. The quantitative estimate of drug-likeness (QED) is 0.374. The van der Waals surface area contributed by atoms with Gasteiger partial charge >= 0.3 is 6.09 Å². The number of benzene rings is 1. The zero-order chi connectivity index (χ0) is 38.3. The van der Waals surface area contributed by atoms with E-state index in [4.69, 9.17) is 9.47 Å². The molecule has 3 fully saturated rings. The minimum atomic E-state index is -4.12. The minimum Gasteiger partial charge on any atom is -0.496 e. The number of tetrazole rings is 1. The number of nitrogens with one attached hydrogen (secondary N) is 3. The van der Waals surface area contributed by atoms with Crippen molar-refractivity contribution in [1.29, 1.82) is 0 Å². The lowest BCUT2D eigenvalue weighted by atomic mass is 9.85. The maximum atomic E-state index is 14.4. The van der Waals surface area contributed by atoms with Gasteiger partial charge in [0.05, 0.1) is 30.6 Å². The maximum absolute atomic E-state index is 14.4. The van der Waals surface area contributed by atoms with Crippen LogP contribution < -0.4 is 20.1 Å². The van der Waals surface area contributed by atoms with Crippen molar-refractivity contribution in [3.8, 4) is 11.4 Å². The Morgan fingerprint density at radius 1 is 1.13 bits per heavy atom. The number of carbonyl (C=O) groups excluding carboxylic acids is 4. The number of aromatic nitrogens is 4. The van der Waals surface area contributed by atoms with Crippen molar-refractivity contribution < 1.29 is 45.9 Å². The van der Waals surface area contributed by atoms with Gasteiger partial charge in [-0.1, -0.05) is 33.6 Å². The highest BCUT2D eigenvalue weighted by atomic mass is 32.2. The lowest BCUT2D eigenvalue weighted by Gasteiger charge is -2.35. The third-order valence-electron chi connectivity index (χ3n) is 10.4. The number of amides is 4. The van der Waals surface area contributed by atoms with Gasteiger partial charge < -0.3 is 25.0 Å². The van der Waals surface area contributed by atoms with Crippen LogP contribution in [-0.2, 0) is 35.6 Å². The normalized spacial score (nSPS) is 27.0. The topological polar surface area (TPSA) is 204 Å². The van der Waals surface area contributed by atoms with E-state index in [1.807, 2.05) is 16.9 Å². The SMILES string of the molecule is COc1ccc2cc1CCCCCCOC(=O)N[C@@H](C(C)(C)C)C(=O)N1C[C@@H](C[C@H]1C(=O)N[C@@]1(C(=O)NS(=O)(=O)C3CC3)C[C@H]1C(F)F)c1nnn-2n1. The number of cyclic esters (lactones) is 1. The molecular formula is C34H46F2N8O8S. The second-order valence-corrected chi connectivity index (χ2v) is 17.4. The molecule has 4 aliphatic rings. The molecule has 1 aromatic carbocycles. The van der Waals surface area contributed by atoms with E-state index >= 15 is 0 Å². The highest BCUT2D eigenvalue weighted by molar-refractivity contribution is 7.91. The molecule has 0 spiro atoms. The number of hydrogen-bond donors (Lipinski definition) is 3. The molecule has 19 heteroatoms. The van der Waals surface area contributed by atoms with Crippen LogP contribution in [0.4, 0.5) is 13.6 Å². The number of alkyl halides is 2. The number of methoxy groups -OCH3 is 1. The molecule has 2 aliphatic carbocycles. The summed E-state index contributed by atoms with van der Waals surface area (Å²) >= 11 is 0. The van der Waals surface area contributed by atoms with Gasteiger partial charge in [-0.25, -0.2) is 22.0 Å². The molecule has 3 N–H and O–H groups in total. The standard InChI is InChI=1S/C34H46F2N8O8S/c1-33(2,3)26-30(46)43-18-20(16-24(43)29(45)38-34(17-23(34)27(35)36)31(47)41-53(49,50)22-11-12-22)28-39-42-44(40-28)21-10-13-25(51-4)19(15-21)9-7-5-6-8-14-52-32(48)37-26/h10,13,15,20,22-24,26-27H,5-9,11-12,14,16-18H2,1-4H3,(H,37,48)(H,38,45)(H,41,47)/t20-,23+,24+,26-,34+/m1/s1. The van der Waals surface area contributed by atoms with Crippen LogP contribution in [0.15, 0.2) is 18.2 Å². The van der Waals surface area contributed by atoms with Crippen molar-refractivity contribution in [3.63, 3.8) is 0 Å². The Morgan fingerprint density at radius 3 is 2.53 bits per heavy atom. The Hall–Kier alpha value is -4.42. The molecule has 1 aromatic heterocycles. The summed E-state index contributed by atoms with van der Waals surface area (Å²) in [6, 6.07) is 2.95. The number of rotatable bonds is 7. The van der Waals surface area contributed by atoms with Crippen molar-refractivity contribution in [2.75, 3.05) is 20.3 Å². The fourth-order valence-corrected chi connectivity index (χ4v) is 8.41. The van der Waals surface area contributed by atoms with Gasteiger partial charge in [0.2, 0.25) is 28.3 Å². The Balaban J connectivity index is 1.33. The molecule has 1 saturated heterocycles. The lowest BCUT2D eigenvalue weighted by molar-refractivity contribution is -0.143. The second-order valence-electron chi connectivity index (χ2n) is 15.4. The van der Waals surface area contributed by atoms with Gasteiger partial charge in [0, 0.05) is 12.5 Å². The highest BCUT2D eigenvalue weighted by Gasteiger charge is 2.67. The molecule has 16 nitrogen and oxygen atoms in total. The molecule has 2 aromatic rings. The average Bonchev–Trinajstić information content (AvgIpc) is 3.98. The van der Waals surface area contributed by atoms with Gasteiger partial charge in [0.1, 0.15) is 23.4 Å². The molecular weight excluding hydrogens is 718 g/mol. The van der Waals surface area contributed by atoms with Gasteiger partial charge in [-0.05, 0) is 79.3 Å². The van der Waals surface area contributed by atoms with E-state index in [0.29, 0.717) is 37.1 Å². The van der Waals surface area contributed by atoms with E-state index < -0.39 is 86.8 Å². The smallest absolute Gasteiger partial charge is 0.407 e. The maximum Gasteiger partial charge on any atom is 0.407 e. The van der Waals surface area contributed by atoms with E-state index in [9.17, 15) is 36.4 Å². The summed E-state index contributed by atoms with van der Waals surface area (Å²) in [5.41, 5.74) is -1.54. The third kappa shape index (κ3) is 8.23. The molecule has 0 radical (unpaired) electrons. The lowest BCUT2D eigenvalue weighted by Crippen LogP contribution is -2.60. The highest BCUT2D eigenvalue weighted by Crippen LogP contribution is 2.48. The molecule has 53 heavy (non-hydrogen) atoms. The zero-order valence-electron chi connectivity index (χ0n) is 30.1. The molecule has 2 aliphatic heterocycles. The van der Waals surface area contributed by atoms with Crippen molar-refractivity contribution in [2.24, 2.45) is 11.3 Å². The van der Waals surface area contributed by atoms with E-state index in [-0.39, 0.29) is 25.4 Å². The first-order chi connectivity index (χ1) is 25.0. The molecule has 2 saturated carbocycles. The van der Waals surface area contributed by atoms with Crippen LogP contribution in [0.3, 0.4) is 0 Å². The van der Waals surface area contributed by atoms with Crippen molar-refractivity contribution in [2.45, 2.75) is 114 Å². The summed E-state index contributed by atoms with van der Waals surface area (Å²) < 4.78 is 66.2. The summed E-state index contributed by atoms with van der Waals surface area (Å²) in [6.45, 7) is 5.18. The van der Waals surface area contributed by atoms with Gasteiger partial charge in [-0.15, -0.1) is 15.0 Å². The average molecular weight is 765 g/mol. The zero-order valence-corrected chi connectivity index (χ0v) is 31.0. The number of carbonyl (C=O) groups is 4. The molecule has 3 heterocycles. The summed E-state index contributed by atoms with van der Waals surface area (Å²) in [5.74, 6) is -4.27. The molecule has 290 valence electrons. The monoisotopic (exact) mass is 764 g/mol. The molecule has 6 rings (SSSR count). The van der Waals surface area contributed by atoms with Crippen molar-refractivity contribution >= 4 is 33.8 Å². The number of fused-ring (bicyclic) bond motifs is 8. The van der Waals surface area contributed by atoms with E-state index in [1.54, 1.807) is 33.9 Å². The summed E-state index contributed by atoms with van der Waals surface area (Å²) in [6.07, 6.45) is 0.0221. The predicted octanol–water partition coefficient (Wildman–Crippen LogP) is 2.36. The fourth-order valence-electron chi connectivity index (χ4n) is 7.05. The Kier molecular flexibility index (Phi) is 10.7. The fraction of sp³-hybridized carbons (Fsp3) is 0.676. The first-order valence-electron chi connectivity index (χ1n) is 17.9. The summed E-state index contributed by atoms with van der Waals surface area (Å²) in [5, 5.41) is 17.3. The third-order valence-corrected chi connectivity index (χ3v) is 12.2. The largest absolute Gasteiger partial charge is 0.496 e. The Morgan fingerprint density at radius 2 is 1.87 bits per heavy atom. The van der Waals surface area contributed by atoms with Crippen molar-refractivity contribution in [3.05, 3.63) is 29.6 Å². The van der Waals surface area contributed by atoms with E-state index in [0.717, 1.165) is 24.8 Å². The number of alkyl carbamates (subject to hydrolysis) is 1. The van der Waals surface area contributed by atoms with Crippen LogP contribution >= 0.6 is 0 Å². The number of ether oxygens (including phenoxy) is 2. The van der Waals surface area contributed by atoms with E-state index in [1.165, 1.54) is 9.70 Å². The van der Waals surface area contributed by atoms with Crippen LogP contribution in [0.1, 0.15) is 89.4 Å². The number of sulfonamides is 1. The number of aryl methyl sites for hydroxylation is 1. The van der Waals surface area contributed by atoms with Crippen LogP contribution in [-0.4, -0.2) is 107 Å². The van der Waals surface area contributed by atoms with Crippen LogP contribution in [0.5, 0.6) is 5.75 Å².